The van der Waals surface area contributed by atoms with Crippen molar-refractivity contribution in [3.63, 3.8) is 0 Å². The summed E-state index contributed by atoms with van der Waals surface area (Å²) in [4.78, 5) is 26.8. The lowest BCUT2D eigenvalue weighted by molar-refractivity contribution is -0.117. The molecule has 0 radical (unpaired) electrons. The van der Waals surface area contributed by atoms with Crippen molar-refractivity contribution < 1.29 is 9.59 Å². The quantitative estimate of drug-likeness (QED) is 0.754. The number of benzene rings is 2. The molecular formula is C21H23N3O2S. The van der Waals surface area contributed by atoms with Gasteiger partial charge in [0.1, 0.15) is 6.04 Å². The number of fused-ring (bicyclic) bond motifs is 3. The van der Waals surface area contributed by atoms with Crippen molar-refractivity contribution in [2.75, 3.05) is 29.1 Å². The number of hydrogen-bond acceptors (Lipinski definition) is 4. The maximum atomic E-state index is 12.4. The molecule has 0 spiro atoms. The van der Waals surface area contributed by atoms with E-state index >= 15 is 0 Å². The Morgan fingerprint density at radius 1 is 1.22 bits per heavy atom. The minimum atomic E-state index is -0.101. The van der Waals surface area contributed by atoms with Crippen LogP contribution in [-0.2, 0) is 10.5 Å². The van der Waals surface area contributed by atoms with Crippen LogP contribution in [0.5, 0.6) is 0 Å². The maximum Gasteiger partial charge on any atom is 0.251 e. The number of carbonyl (C=O) groups excluding carboxylic acids is 2. The molecule has 2 N–H and O–H groups in total. The summed E-state index contributed by atoms with van der Waals surface area (Å²) in [5.74, 6) is 1.74. The Kier molecular flexibility index (Phi) is 5.34. The molecule has 0 aromatic heterocycles. The number of nitrogens with one attached hydrogen (secondary N) is 2. The molecule has 2 aromatic carbocycles. The third-order valence-corrected chi connectivity index (χ3v) is 6.06. The second kappa shape index (κ2) is 8.05. The summed E-state index contributed by atoms with van der Waals surface area (Å²) in [6.07, 6.45) is 1.93. The third kappa shape index (κ3) is 3.95. The van der Waals surface area contributed by atoms with E-state index in [0.29, 0.717) is 12.1 Å². The smallest absolute Gasteiger partial charge is 0.251 e. The first-order valence-corrected chi connectivity index (χ1v) is 10.5. The van der Waals surface area contributed by atoms with Gasteiger partial charge in [0.15, 0.2) is 0 Å². The Morgan fingerprint density at radius 3 is 2.93 bits per heavy atom. The SMILES string of the molecule is O=C(NCCSCc1ccccc1)c1ccc2c(c1)NC(=O)[C@@H]1CCCN21. The molecule has 6 heteroatoms. The number of rotatable bonds is 6. The Balaban J connectivity index is 1.30. The molecule has 2 aliphatic rings. The Hall–Kier alpha value is -2.47. The summed E-state index contributed by atoms with van der Waals surface area (Å²) in [5, 5.41) is 5.92. The van der Waals surface area contributed by atoms with Crippen LogP contribution in [-0.4, -0.2) is 36.7 Å². The van der Waals surface area contributed by atoms with Crippen LogP contribution in [0.25, 0.3) is 0 Å². The lowest BCUT2D eigenvalue weighted by Gasteiger charge is -2.33. The topological polar surface area (TPSA) is 61.4 Å². The highest BCUT2D eigenvalue weighted by atomic mass is 32.2. The fraction of sp³-hybridized carbons (Fsp3) is 0.333. The van der Waals surface area contributed by atoms with Gasteiger partial charge in [-0.05, 0) is 36.6 Å². The molecule has 2 amide bonds. The van der Waals surface area contributed by atoms with Crippen molar-refractivity contribution in [2.45, 2.75) is 24.6 Å². The fourth-order valence-corrected chi connectivity index (χ4v) is 4.49. The number of hydrogen-bond donors (Lipinski definition) is 2. The van der Waals surface area contributed by atoms with Crippen LogP contribution in [0.15, 0.2) is 48.5 Å². The minimum absolute atomic E-state index is 0.0369. The zero-order valence-corrected chi connectivity index (χ0v) is 15.9. The predicted molar refractivity (Wildman–Crippen MR) is 110 cm³/mol. The van der Waals surface area contributed by atoms with Gasteiger partial charge in [-0.15, -0.1) is 0 Å². The zero-order valence-electron chi connectivity index (χ0n) is 15.1. The molecule has 1 atom stereocenters. The van der Waals surface area contributed by atoms with Gasteiger partial charge < -0.3 is 15.5 Å². The van der Waals surface area contributed by atoms with Gasteiger partial charge in [0.2, 0.25) is 5.91 Å². The molecule has 2 aromatic rings. The highest BCUT2D eigenvalue weighted by Crippen LogP contribution is 2.37. The van der Waals surface area contributed by atoms with Crippen LogP contribution in [0.3, 0.4) is 0 Å². The molecule has 5 nitrogen and oxygen atoms in total. The van der Waals surface area contributed by atoms with Gasteiger partial charge in [0.05, 0.1) is 11.4 Å². The first kappa shape index (κ1) is 17.9. The van der Waals surface area contributed by atoms with E-state index in [9.17, 15) is 9.59 Å². The normalized spacial score (nSPS) is 17.9. The molecule has 4 rings (SSSR count). The summed E-state index contributed by atoms with van der Waals surface area (Å²) < 4.78 is 0. The Bertz CT molecular complexity index is 841. The molecule has 140 valence electrons. The number of anilines is 2. The van der Waals surface area contributed by atoms with E-state index in [-0.39, 0.29) is 17.9 Å². The summed E-state index contributed by atoms with van der Waals surface area (Å²) in [7, 11) is 0. The van der Waals surface area contributed by atoms with Crippen LogP contribution in [0.2, 0.25) is 0 Å². The van der Waals surface area contributed by atoms with Crippen LogP contribution in [0.4, 0.5) is 11.4 Å². The average Bonchev–Trinajstić information content (AvgIpc) is 3.19. The summed E-state index contributed by atoms with van der Waals surface area (Å²) in [6.45, 7) is 1.52. The predicted octanol–water partition coefficient (Wildman–Crippen LogP) is 3.27. The molecule has 2 aliphatic heterocycles. The number of amides is 2. The molecule has 27 heavy (non-hydrogen) atoms. The second-order valence-electron chi connectivity index (χ2n) is 6.87. The van der Waals surface area contributed by atoms with Crippen molar-refractivity contribution in [3.05, 3.63) is 59.7 Å². The number of thioether (sulfide) groups is 1. The first-order valence-electron chi connectivity index (χ1n) is 9.34. The average molecular weight is 382 g/mol. The van der Waals surface area contributed by atoms with E-state index < -0.39 is 0 Å². The summed E-state index contributed by atoms with van der Waals surface area (Å²) in [6, 6.07) is 15.8. The monoisotopic (exact) mass is 381 g/mol. The van der Waals surface area contributed by atoms with Crippen LogP contribution < -0.4 is 15.5 Å². The van der Waals surface area contributed by atoms with Crippen molar-refractivity contribution in [3.8, 4) is 0 Å². The standard InChI is InChI=1S/C21H23N3O2S/c25-20(22-10-12-27-14-15-5-2-1-3-6-15)16-8-9-18-17(13-16)23-21(26)19-7-4-11-24(18)19/h1-3,5-6,8-9,13,19H,4,7,10-12,14H2,(H,22,25)(H,23,26)/t19-/m0/s1. The maximum absolute atomic E-state index is 12.4. The summed E-state index contributed by atoms with van der Waals surface area (Å²) >= 11 is 1.80. The van der Waals surface area contributed by atoms with Crippen molar-refractivity contribution in [1.29, 1.82) is 0 Å². The Labute approximate surface area is 163 Å². The first-order chi connectivity index (χ1) is 13.2. The van der Waals surface area contributed by atoms with Gasteiger partial charge in [0, 0.05) is 30.2 Å². The molecule has 1 saturated heterocycles. The van der Waals surface area contributed by atoms with E-state index in [1.54, 1.807) is 17.8 Å². The van der Waals surface area contributed by atoms with E-state index in [1.807, 2.05) is 30.3 Å². The largest absolute Gasteiger partial charge is 0.358 e. The van der Waals surface area contributed by atoms with Crippen LogP contribution >= 0.6 is 11.8 Å². The second-order valence-corrected chi connectivity index (χ2v) is 7.97. The van der Waals surface area contributed by atoms with Crippen molar-refractivity contribution in [2.24, 2.45) is 0 Å². The molecule has 2 heterocycles. The molecule has 1 fully saturated rings. The zero-order chi connectivity index (χ0) is 18.6. The van der Waals surface area contributed by atoms with Gasteiger partial charge in [0.25, 0.3) is 5.91 Å². The lowest BCUT2D eigenvalue weighted by atomic mass is 10.1. The number of carbonyl (C=O) groups is 2. The molecule has 0 saturated carbocycles. The van der Waals surface area contributed by atoms with E-state index in [0.717, 1.165) is 42.3 Å². The van der Waals surface area contributed by atoms with Gasteiger partial charge >= 0.3 is 0 Å². The fourth-order valence-electron chi connectivity index (χ4n) is 3.67. The van der Waals surface area contributed by atoms with Gasteiger partial charge in [-0.25, -0.2) is 0 Å². The van der Waals surface area contributed by atoms with Crippen LogP contribution in [0.1, 0.15) is 28.8 Å². The highest BCUT2D eigenvalue weighted by molar-refractivity contribution is 7.98. The van der Waals surface area contributed by atoms with E-state index in [4.69, 9.17) is 0 Å². The van der Waals surface area contributed by atoms with Crippen molar-refractivity contribution >= 4 is 35.0 Å². The summed E-state index contributed by atoms with van der Waals surface area (Å²) in [5.41, 5.74) is 3.63. The van der Waals surface area contributed by atoms with Gasteiger partial charge in [-0.1, -0.05) is 30.3 Å². The van der Waals surface area contributed by atoms with Crippen molar-refractivity contribution in [1.82, 2.24) is 5.32 Å². The van der Waals surface area contributed by atoms with Crippen LogP contribution in [0, 0.1) is 0 Å². The molecule has 0 unspecified atom stereocenters. The molecule has 0 aliphatic carbocycles. The minimum Gasteiger partial charge on any atom is -0.358 e. The lowest BCUT2D eigenvalue weighted by Crippen LogP contribution is -2.44. The van der Waals surface area contributed by atoms with E-state index in [1.165, 1.54) is 5.56 Å². The highest BCUT2D eigenvalue weighted by Gasteiger charge is 2.36. The molecule has 0 bridgehead atoms. The van der Waals surface area contributed by atoms with E-state index in [2.05, 4.69) is 27.7 Å². The van der Waals surface area contributed by atoms with Gasteiger partial charge in [-0.3, -0.25) is 9.59 Å². The molecular weight excluding hydrogens is 358 g/mol. The van der Waals surface area contributed by atoms with Gasteiger partial charge in [-0.2, -0.15) is 11.8 Å². The third-order valence-electron chi connectivity index (χ3n) is 5.03. The Morgan fingerprint density at radius 2 is 2.07 bits per heavy atom. The number of nitrogens with zero attached hydrogens (tertiary/aromatic N) is 1.